The topological polar surface area (TPSA) is 47.3 Å². The smallest absolute Gasteiger partial charge is 0.362 e. The first-order chi connectivity index (χ1) is 14.6. The fourth-order valence-electron chi connectivity index (χ4n) is 3.56. The van der Waals surface area contributed by atoms with E-state index in [1.165, 1.54) is 4.90 Å². The number of anilines is 1. The highest BCUT2D eigenvalue weighted by atomic mass is 35.5. The van der Waals surface area contributed by atoms with Crippen molar-refractivity contribution in [2.45, 2.75) is 31.6 Å². The Morgan fingerprint density at radius 3 is 2.55 bits per heavy atom. The second-order valence-electron chi connectivity index (χ2n) is 7.21. The van der Waals surface area contributed by atoms with E-state index in [2.05, 4.69) is 0 Å². The average molecular weight is 491 g/mol. The predicted molar refractivity (Wildman–Crippen MR) is 114 cm³/mol. The van der Waals surface area contributed by atoms with Crippen LogP contribution in [0.1, 0.15) is 24.0 Å². The summed E-state index contributed by atoms with van der Waals surface area (Å²) in [7, 11) is 0. The van der Waals surface area contributed by atoms with Gasteiger partial charge in [-0.1, -0.05) is 34.8 Å². The molecule has 3 rings (SSSR count). The van der Waals surface area contributed by atoms with Crippen LogP contribution >= 0.6 is 34.8 Å². The number of nitriles is 1. The van der Waals surface area contributed by atoms with Gasteiger partial charge in [0.2, 0.25) is 5.91 Å². The molecule has 0 bridgehead atoms. The van der Waals surface area contributed by atoms with Crippen LogP contribution in [-0.4, -0.2) is 36.1 Å². The van der Waals surface area contributed by atoms with Gasteiger partial charge < -0.3 is 9.80 Å². The van der Waals surface area contributed by atoms with E-state index in [9.17, 15) is 18.0 Å². The number of rotatable bonds is 5. The molecule has 1 saturated heterocycles. The zero-order valence-electron chi connectivity index (χ0n) is 16.1. The van der Waals surface area contributed by atoms with E-state index in [0.29, 0.717) is 34.3 Å². The molecule has 1 amide bonds. The number of likely N-dealkylation sites (tertiary alicyclic amines) is 1. The van der Waals surface area contributed by atoms with Crippen LogP contribution in [-0.2, 0) is 11.3 Å². The standard InChI is InChI=1S/C21H17Cl3F3N3O/c22-15-2-4-18(23)14(7-15)11-30(16-3-1-13(10-28)19(24)8-16)17-5-6-29(12-17)20(31)9-21(25,26)27/h1-4,7-8,17H,5-6,9,11-12H2. The Kier molecular flexibility index (Phi) is 7.25. The number of hydrogen-bond donors (Lipinski definition) is 0. The molecular weight excluding hydrogens is 474 g/mol. The molecule has 0 aliphatic carbocycles. The molecular formula is C21H17Cl3F3N3O. The Balaban J connectivity index is 1.89. The summed E-state index contributed by atoms with van der Waals surface area (Å²) < 4.78 is 37.9. The Labute approximate surface area is 192 Å². The van der Waals surface area contributed by atoms with E-state index >= 15 is 0 Å². The highest BCUT2D eigenvalue weighted by Crippen LogP contribution is 2.32. The van der Waals surface area contributed by atoms with Gasteiger partial charge in [0.05, 0.1) is 10.6 Å². The lowest BCUT2D eigenvalue weighted by atomic mass is 10.1. The number of alkyl halides is 3. The molecule has 0 saturated carbocycles. The number of amides is 1. The maximum atomic E-state index is 12.6. The van der Waals surface area contributed by atoms with Gasteiger partial charge in [-0.15, -0.1) is 0 Å². The molecule has 164 valence electrons. The molecule has 0 spiro atoms. The van der Waals surface area contributed by atoms with Crippen molar-refractivity contribution >= 4 is 46.4 Å². The Morgan fingerprint density at radius 1 is 1.16 bits per heavy atom. The molecule has 10 heteroatoms. The fraction of sp³-hybridized carbons (Fsp3) is 0.333. The van der Waals surface area contributed by atoms with Crippen molar-refractivity contribution in [2.24, 2.45) is 0 Å². The molecule has 0 N–H and O–H groups in total. The van der Waals surface area contributed by atoms with Gasteiger partial charge in [0, 0.05) is 41.4 Å². The molecule has 1 heterocycles. The number of carbonyl (C=O) groups excluding carboxylic acids is 1. The lowest BCUT2D eigenvalue weighted by molar-refractivity contribution is -0.160. The number of hydrogen-bond acceptors (Lipinski definition) is 3. The van der Waals surface area contributed by atoms with E-state index in [4.69, 9.17) is 40.1 Å². The quantitative estimate of drug-likeness (QED) is 0.510. The third-order valence-electron chi connectivity index (χ3n) is 5.06. The maximum absolute atomic E-state index is 12.6. The largest absolute Gasteiger partial charge is 0.397 e. The summed E-state index contributed by atoms with van der Waals surface area (Å²) in [5, 5.41) is 10.4. The average Bonchev–Trinajstić information content (AvgIpc) is 3.17. The molecule has 31 heavy (non-hydrogen) atoms. The molecule has 1 aliphatic rings. The summed E-state index contributed by atoms with van der Waals surface area (Å²) in [6.07, 6.45) is -5.56. The fourth-order valence-corrected chi connectivity index (χ4v) is 4.15. The van der Waals surface area contributed by atoms with Crippen LogP contribution in [0.25, 0.3) is 0 Å². The van der Waals surface area contributed by atoms with Crippen LogP contribution in [0.3, 0.4) is 0 Å². The van der Waals surface area contributed by atoms with Gasteiger partial charge in [0.15, 0.2) is 0 Å². The van der Waals surface area contributed by atoms with E-state index in [1.54, 1.807) is 36.4 Å². The normalized spacial score (nSPS) is 16.3. The second-order valence-corrected chi connectivity index (χ2v) is 8.46. The highest BCUT2D eigenvalue weighted by molar-refractivity contribution is 6.33. The monoisotopic (exact) mass is 489 g/mol. The molecule has 1 aliphatic heterocycles. The molecule has 0 aromatic heterocycles. The summed E-state index contributed by atoms with van der Waals surface area (Å²) in [6, 6.07) is 11.7. The van der Waals surface area contributed by atoms with Crippen LogP contribution in [0.2, 0.25) is 15.1 Å². The van der Waals surface area contributed by atoms with Gasteiger partial charge in [-0.2, -0.15) is 18.4 Å². The van der Waals surface area contributed by atoms with E-state index < -0.39 is 18.5 Å². The SMILES string of the molecule is N#Cc1ccc(N(Cc2cc(Cl)ccc2Cl)C2CCN(C(=O)CC(F)(F)F)C2)cc1Cl. The highest BCUT2D eigenvalue weighted by Gasteiger charge is 2.37. The summed E-state index contributed by atoms with van der Waals surface area (Å²) in [4.78, 5) is 15.2. The summed E-state index contributed by atoms with van der Waals surface area (Å²) in [5.74, 6) is -0.950. The minimum Gasteiger partial charge on any atom is -0.362 e. The number of benzene rings is 2. The van der Waals surface area contributed by atoms with Gasteiger partial charge in [-0.3, -0.25) is 4.79 Å². The van der Waals surface area contributed by atoms with Crippen molar-refractivity contribution in [3.05, 3.63) is 62.6 Å². The van der Waals surface area contributed by atoms with Crippen LogP contribution < -0.4 is 4.90 Å². The van der Waals surface area contributed by atoms with E-state index in [0.717, 1.165) is 5.56 Å². The van der Waals surface area contributed by atoms with Crippen LogP contribution in [0.5, 0.6) is 0 Å². The lowest BCUT2D eigenvalue weighted by Crippen LogP contribution is -2.39. The first kappa shape index (κ1) is 23.5. The minimum absolute atomic E-state index is 0.130. The van der Waals surface area contributed by atoms with Gasteiger partial charge in [-0.05, 0) is 48.4 Å². The lowest BCUT2D eigenvalue weighted by Gasteiger charge is -2.32. The van der Waals surface area contributed by atoms with Crippen LogP contribution in [0.4, 0.5) is 18.9 Å². The number of nitrogens with zero attached hydrogens (tertiary/aromatic N) is 3. The number of halogens is 6. The molecule has 1 unspecified atom stereocenters. The molecule has 1 atom stereocenters. The molecule has 2 aromatic rings. The molecule has 4 nitrogen and oxygen atoms in total. The van der Waals surface area contributed by atoms with Crippen molar-refractivity contribution in [3.63, 3.8) is 0 Å². The third kappa shape index (κ3) is 5.97. The maximum Gasteiger partial charge on any atom is 0.397 e. The second kappa shape index (κ2) is 9.56. The number of carbonyl (C=O) groups is 1. The van der Waals surface area contributed by atoms with Crippen molar-refractivity contribution in [3.8, 4) is 6.07 Å². The zero-order chi connectivity index (χ0) is 22.8. The summed E-state index contributed by atoms with van der Waals surface area (Å²) >= 11 is 18.6. The molecule has 0 radical (unpaired) electrons. The van der Waals surface area contributed by atoms with Crippen LogP contribution in [0.15, 0.2) is 36.4 Å². The Bertz CT molecular complexity index is 1020. The Hall–Kier alpha value is -2.14. The van der Waals surface area contributed by atoms with E-state index in [-0.39, 0.29) is 24.2 Å². The minimum atomic E-state index is -4.55. The van der Waals surface area contributed by atoms with Gasteiger partial charge >= 0.3 is 6.18 Å². The van der Waals surface area contributed by atoms with Gasteiger partial charge in [0.25, 0.3) is 0 Å². The van der Waals surface area contributed by atoms with Crippen LogP contribution in [0, 0.1) is 11.3 Å². The zero-order valence-corrected chi connectivity index (χ0v) is 18.4. The van der Waals surface area contributed by atoms with Gasteiger partial charge in [0.1, 0.15) is 12.5 Å². The van der Waals surface area contributed by atoms with Crippen molar-refractivity contribution in [1.29, 1.82) is 5.26 Å². The molecule has 1 fully saturated rings. The first-order valence-electron chi connectivity index (χ1n) is 9.32. The summed E-state index contributed by atoms with van der Waals surface area (Å²) in [5.41, 5.74) is 1.68. The molecule has 2 aromatic carbocycles. The predicted octanol–water partition coefficient (Wildman–Crippen LogP) is 6.08. The Morgan fingerprint density at radius 2 is 1.90 bits per heavy atom. The van der Waals surface area contributed by atoms with Gasteiger partial charge in [-0.25, -0.2) is 0 Å². The van der Waals surface area contributed by atoms with Crippen molar-refractivity contribution in [2.75, 3.05) is 18.0 Å². The summed E-state index contributed by atoms with van der Waals surface area (Å²) in [6.45, 7) is 0.641. The van der Waals surface area contributed by atoms with Crippen molar-refractivity contribution < 1.29 is 18.0 Å². The third-order valence-corrected chi connectivity index (χ3v) is 5.98. The van der Waals surface area contributed by atoms with E-state index in [1.807, 2.05) is 11.0 Å². The first-order valence-corrected chi connectivity index (χ1v) is 10.5. The van der Waals surface area contributed by atoms with Crippen molar-refractivity contribution in [1.82, 2.24) is 4.90 Å².